The van der Waals surface area contributed by atoms with E-state index in [0.29, 0.717) is 43.9 Å². The molecule has 2 heterocycles. The van der Waals surface area contributed by atoms with Crippen molar-refractivity contribution in [2.24, 2.45) is 0 Å². The lowest BCUT2D eigenvalue weighted by Crippen LogP contribution is -2.28. The Morgan fingerprint density at radius 1 is 1.55 bits per heavy atom. The fourth-order valence-corrected chi connectivity index (χ4v) is 2.30. The lowest BCUT2D eigenvalue weighted by atomic mass is 10.2. The second kappa shape index (κ2) is 7.56. The number of nitrogens with one attached hydrogen (secondary N) is 1. The minimum Gasteiger partial charge on any atom is -0.446 e. The van der Waals surface area contributed by atoms with Crippen LogP contribution in [0.1, 0.15) is 18.5 Å². The number of hydrogen-bond acceptors (Lipinski definition) is 5. The van der Waals surface area contributed by atoms with Gasteiger partial charge in [0.1, 0.15) is 6.10 Å². The summed E-state index contributed by atoms with van der Waals surface area (Å²) in [6, 6.07) is 1.74. The number of pyridine rings is 1. The number of amides is 1. The third-order valence-corrected chi connectivity index (χ3v) is 3.40. The van der Waals surface area contributed by atoms with Gasteiger partial charge < -0.3 is 14.6 Å². The molecule has 1 aliphatic heterocycles. The highest BCUT2D eigenvalue weighted by molar-refractivity contribution is 9.10. The minimum absolute atomic E-state index is 0.0294. The molecule has 1 aromatic heterocycles. The third-order valence-electron chi connectivity index (χ3n) is 2.96. The predicted molar refractivity (Wildman–Crippen MR) is 76.7 cm³/mol. The summed E-state index contributed by atoms with van der Waals surface area (Å²) in [5, 5.41) is 11.7. The van der Waals surface area contributed by atoms with Gasteiger partial charge in [-0.1, -0.05) is 0 Å². The second-order valence-corrected chi connectivity index (χ2v) is 5.38. The van der Waals surface area contributed by atoms with Gasteiger partial charge in [0.15, 0.2) is 0 Å². The van der Waals surface area contributed by atoms with Crippen molar-refractivity contribution in [1.29, 1.82) is 0 Å². The van der Waals surface area contributed by atoms with E-state index >= 15 is 0 Å². The van der Waals surface area contributed by atoms with E-state index in [1.54, 1.807) is 12.3 Å². The van der Waals surface area contributed by atoms with Crippen LogP contribution in [-0.2, 0) is 15.9 Å². The van der Waals surface area contributed by atoms with E-state index in [0.717, 1.165) is 4.47 Å². The number of anilines is 1. The molecule has 7 heteroatoms. The quantitative estimate of drug-likeness (QED) is 0.874. The Morgan fingerprint density at radius 2 is 2.30 bits per heavy atom. The number of aromatic nitrogens is 1. The van der Waals surface area contributed by atoms with Gasteiger partial charge >= 0.3 is 6.09 Å². The lowest BCUT2D eigenvalue weighted by molar-refractivity contribution is 0.00591. The number of carbonyl (C=O) groups excluding carboxylic acids is 1. The van der Waals surface area contributed by atoms with Gasteiger partial charge in [0.05, 0.1) is 24.6 Å². The van der Waals surface area contributed by atoms with Crippen LogP contribution in [0, 0.1) is 0 Å². The first-order valence-corrected chi connectivity index (χ1v) is 7.29. The maximum atomic E-state index is 11.9. The first-order chi connectivity index (χ1) is 9.69. The van der Waals surface area contributed by atoms with Crippen molar-refractivity contribution < 1.29 is 19.4 Å². The van der Waals surface area contributed by atoms with E-state index in [-0.39, 0.29) is 12.7 Å². The zero-order valence-electron chi connectivity index (χ0n) is 11.0. The maximum Gasteiger partial charge on any atom is 0.411 e. The van der Waals surface area contributed by atoms with E-state index in [9.17, 15) is 4.79 Å². The molecular formula is C13H17BrN2O4. The van der Waals surface area contributed by atoms with Gasteiger partial charge in [0.2, 0.25) is 0 Å². The largest absolute Gasteiger partial charge is 0.446 e. The molecule has 0 spiro atoms. The first-order valence-electron chi connectivity index (χ1n) is 6.49. The minimum atomic E-state index is -0.504. The van der Waals surface area contributed by atoms with Gasteiger partial charge in [0.25, 0.3) is 0 Å². The molecule has 0 atom stereocenters. The van der Waals surface area contributed by atoms with Crippen LogP contribution in [0.15, 0.2) is 16.7 Å². The molecule has 1 amide bonds. The monoisotopic (exact) mass is 344 g/mol. The number of aliphatic hydroxyl groups excluding tert-OH is 1. The molecule has 0 aromatic carbocycles. The third kappa shape index (κ3) is 4.43. The smallest absolute Gasteiger partial charge is 0.411 e. The van der Waals surface area contributed by atoms with Gasteiger partial charge in [-0.3, -0.25) is 10.3 Å². The van der Waals surface area contributed by atoms with E-state index in [1.807, 2.05) is 0 Å². The number of hydrogen-bond donors (Lipinski definition) is 2. The average Bonchev–Trinajstić information content (AvgIpc) is 2.43. The zero-order valence-corrected chi connectivity index (χ0v) is 12.6. The summed E-state index contributed by atoms with van der Waals surface area (Å²) in [5.41, 5.74) is 1.17. The summed E-state index contributed by atoms with van der Waals surface area (Å²) < 4.78 is 11.3. The first kappa shape index (κ1) is 15.2. The van der Waals surface area contributed by atoms with Crippen molar-refractivity contribution in [2.45, 2.75) is 25.4 Å². The van der Waals surface area contributed by atoms with Gasteiger partial charge in [-0.15, -0.1) is 0 Å². The Kier molecular flexibility index (Phi) is 5.75. The highest BCUT2D eigenvalue weighted by atomic mass is 79.9. The summed E-state index contributed by atoms with van der Waals surface area (Å²) in [5.74, 6) is 0. The van der Waals surface area contributed by atoms with Gasteiger partial charge in [-0.25, -0.2) is 4.79 Å². The number of nitrogens with zero attached hydrogens (tertiary/aromatic N) is 1. The maximum absolute atomic E-state index is 11.9. The van der Waals surface area contributed by atoms with Crippen LogP contribution in [-0.4, -0.2) is 42.1 Å². The summed E-state index contributed by atoms with van der Waals surface area (Å²) in [6.07, 6.45) is 2.82. The summed E-state index contributed by atoms with van der Waals surface area (Å²) >= 11 is 3.30. The standard InChI is InChI=1S/C13H17BrN2O4/c14-9-7-12(11(1-4-17)15-8-9)16-13(18)20-10-2-5-19-6-3-10/h7-8,10,17H,1-6H2,(H,16,18). The molecule has 0 aliphatic carbocycles. The van der Waals surface area contributed by atoms with Gasteiger partial charge in [-0.05, 0) is 22.0 Å². The summed E-state index contributed by atoms with van der Waals surface area (Å²) in [7, 11) is 0. The van der Waals surface area contributed by atoms with Crippen LogP contribution in [0.5, 0.6) is 0 Å². The normalized spacial score (nSPS) is 15.9. The molecule has 0 saturated carbocycles. The Morgan fingerprint density at radius 3 is 3.00 bits per heavy atom. The molecule has 2 rings (SSSR count). The number of carbonyl (C=O) groups is 1. The van der Waals surface area contributed by atoms with Crippen LogP contribution >= 0.6 is 15.9 Å². The Labute approximate surface area is 125 Å². The predicted octanol–water partition coefficient (Wildman–Crippen LogP) is 2.11. The van der Waals surface area contributed by atoms with Crippen LogP contribution in [0.3, 0.4) is 0 Å². The van der Waals surface area contributed by atoms with Gasteiger partial charge in [0, 0.05) is 36.5 Å². The Hall–Kier alpha value is -1.18. The van der Waals surface area contributed by atoms with Crippen molar-refractivity contribution >= 4 is 27.7 Å². The molecule has 1 fully saturated rings. The van der Waals surface area contributed by atoms with Gasteiger partial charge in [-0.2, -0.15) is 0 Å². The van der Waals surface area contributed by atoms with E-state index in [4.69, 9.17) is 14.6 Å². The molecule has 0 radical (unpaired) electrons. The highest BCUT2D eigenvalue weighted by Gasteiger charge is 2.19. The molecule has 1 saturated heterocycles. The molecular weight excluding hydrogens is 328 g/mol. The molecule has 0 unspecified atom stereocenters. The van der Waals surface area contributed by atoms with Crippen LogP contribution in [0.2, 0.25) is 0 Å². The van der Waals surface area contributed by atoms with Crippen LogP contribution in [0.4, 0.5) is 10.5 Å². The number of ether oxygens (including phenoxy) is 2. The molecule has 20 heavy (non-hydrogen) atoms. The Bertz CT molecular complexity index is 464. The molecule has 0 bridgehead atoms. The van der Waals surface area contributed by atoms with Crippen LogP contribution < -0.4 is 5.32 Å². The van der Waals surface area contributed by atoms with E-state index < -0.39 is 6.09 Å². The Balaban J connectivity index is 1.97. The fourth-order valence-electron chi connectivity index (χ4n) is 1.97. The molecule has 2 N–H and O–H groups in total. The van der Waals surface area contributed by atoms with Crippen molar-refractivity contribution in [3.05, 3.63) is 22.4 Å². The van der Waals surface area contributed by atoms with Crippen molar-refractivity contribution in [1.82, 2.24) is 4.98 Å². The lowest BCUT2D eigenvalue weighted by Gasteiger charge is -2.22. The molecule has 1 aliphatic rings. The topological polar surface area (TPSA) is 80.7 Å². The molecule has 6 nitrogen and oxygen atoms in total. The van der Waals surface area contributed by atoms with E-state index in [2.05, 4.69) is 26.2 Å². The van der Waals surface area contributed by atoms with E-state index in [1.165, 1.54) is 0 Å². The second-order valence-electron chi connectivity index (χ2n) is 4.46. The van der Waals surface area contributed by atoms with Crippen molar-refractivity contribution in [3.8, 4) is 0 Å². The molecule has 110 valence electrons. The van der Waals surface area contributed by atoms with Crippen molar-refractivity contribution in [2.75, 3.05) is 25.1 Å². The highest BCUT2D eigenvalue weighted by Crippen LogP contribution is 2.20. The molecule has 1 aromatic rings. The fraction of sp³-hybridized carbons (Fsp3) is 0.538. The average molecular weight is 345 g/mol. The summed E-state index contributed by atoms with van der Waals surface area (Å²) in [4.78, 5) is 16.0. The van der Waals surface area contributed by atoms with Crippen molar-refractivity contribution in [3.63, 3.8) is 0 Å². The van der Waals surface area contributed by atoms with Crippen LogP contribution in [0.25, 0.3) is 0 Å². The number of rotatable bonds is 4. The summed E-state index contributed by atoms with van der Waals surface area (Å²) in [6.45, 7) is 1.20. The number of halogens is 1. The number of aliphatic hydroxyl groups is 1. The SMILES string of the molecule is O=C(Nc1cc(Br)cnc1CCO)OC1CCOCC1. The zero-order chi connectivity index (χ0) is 14.4.